The molecule has 1 N–H and O–H groups in total. The number of hydrogen-bond acceptors (Lipinski definition) is 3. The molecule has 2 unspecified atom stereocenters. The van der Waals surface area contributed by atoms with Crippen LogP contribution in [0.4, 0.5) is 0 Å². The van der Waals surface area contributed by atoms with Crippen molar-refractivity contribution >= 4 is 0 Å². The van der Waals surface area contributed by atoms with Crippen LogP contribution in [0.3, 0.4) is 0 Å². The van der Waals surface area contributed by atoms with Crippen LogP contribution in [0.15, 0.2) is 11.6 Å². The first-order chi connectivity index (χ1) is 8.02. The molecular weight excluding hydrogens is 216 g/mol. The quantitative estimate of drug-likeness (QED) is 0.500. The minimum absolute atomic E-state index is 0.175. The molecule has 0 radical (unpaired) electrons. The third-order valence-electron chi connectivity index (χ3n) is 2.70. The molecule has 102 valence electrons. The van der Waals surface area contributed by atoms with Crippen molar-refractivity contribution < 1.29 is 14.6 Å². The third-order valence-corrected chi connectivity index (χ3v) is 2.70. The summed E-state index contributed by atoms with van der Waals surface area (Å²) in [6.45, 7) is 11.1. The van der Waals surface area contributed by atoms with Gasteiger partial charge in [-0.3, -0.25) is 0 Å². The fourth-order valence-corrected chi connectivity index (χ4v) is 1.65. The van der Waals surface area contributed by atoms with Crippen LogP contribution in [-0.2, 0) is 9.47 Å². The van der Waals surface area contributed by atoms with Gasteiger partial charge in [0.05, 0.1) is 0 Å². The van der Waals surface area contributed by atoms with Gasteiger partial charge in [-0.2, -0.15) is 0 Å². The summed E-state index contributed by atoms with van der Waals surface area (Å²) in [4.78, 5) is 0. The average Bonchev–Trinajstić information content (AvgIpc) is 2.27. The molecular formula is C14H28O3. The van der Waals surface area contributed by atoms with Gasteiger partial charge in [-0.15, -0.1) is 0 Å². The largest absolute Gasteiger partial charge is 0.388 e. The molecule has 0 fully saturated rings. The van der Waals surface area contributed by atoms with Crippen molar-refractivity contribution in [3.8, 4) is 0 Å². The lowest BCUT2D eigenvalue weighted by molar-refractivity contribution is -0.200. The smallest absolute Gasteiger partial charge is 0.183 e. The Morgan fingerprint density at radius 2 is 1.71 bits per heavy atom. The zero-order valence-corrected chi connectivity index (χ0v) is 11.9. The van der Waals surface area contributed by atoms with Gasteiger partial charge in [-0.05, 0) is 46.5 Å². The number of aliphatic hydroxyl groups excluding tert-OH is 1. The summed E-state index contributed by atoms with van der Waals surface area (Å²) in [5.74, 6) is 0.175. The lowest BCUT2D eigenvalue weighted by atomic mass is 9.98. The van der Waals surface area contributed by atoms with Crippen molar-refractivity contribution in [1.29, 1.82) is 0 Å². The van der Waals surface area contributed by atoms with Gasteiger partial charge in [0, 0.05) is 13.2 Å². The Hall–Kier alpha value is -0.380. The molecule has 0 aromatic heterocycles. The monoisotopic (exact) mass is 244 g/mol. The minimum atomic E-state index is -0.555. The first-order valence-corrected chi connectivity index (χ1v) is 6.57. The normalized spacial score (nSPS) is 14.8. The number of aliphatic hydroxyl groups is 1. The van der Waals surface area contributed by atoms with Crippen LogP contribution in [0.5, 0.6) is 0 Å². The Morgan fingerprint density at radius 1 is 1.18 bits per heavy atom. The molecule has 17 heavy (non-hydrogen) atoms. The lowest BCUT2D eigenvalue weighted by Gasteiger charge is -2.27. The van der Waals surface area contributed by atoms with Crippen LogP contribution in [0.1, 0.15) is 47.5 Å². The summed E-state index contributed by atoms with van der Waals surface area (Å²) in [5, 5.41) is 10.1. The molecule has 0 rings (SSSR count). The van der Waals surface area contributed by atoms with Gasteiger partial charge in [0.1, 0.15) is 6.10 Å². The molecule has 0 aliphatic carbocycles. The molecule has 0 heterocycles. The van der Waals surface area contributed by atoms with Crippen LogP contribution in [-0.4, -0.2) is 30.7 Å². The predicted molar refractivity (Wildman–Crippen MR) is 70.9 cm³/mol. The van der Waals surface area contributed by atoms with E-state index in [1.165, 1.54) is 5.57 Å². The second-order valence-electron chi connectivity index (χ2n) is 4.61. The van der Waals surface area contributed by atoms with Gasteiger partial charge in [-0.1, -0.05) is 18.6 Å². The van der Waals surface area contributed by atoms with E-state index < -0.39 is 12.4 Å². The van der Waals surface area contributed by atoms with Crippen LogP contribution >= 0.6 is 0 Å². The van der Waals surface area contributed by atoms with E-state index in [0.717, 1.165) is 12.8 Å². The second-order valence-corrected chi connectivity index (χ2v) is 4.61. The Labute approximate surface area is 106 Å². The molecule has 2 atom stereocenters. The summed E-state index contributed by atoms with van der Waals surface area (Å²) in [6.07, 6.45) is 3.08. The number of hydrogen-bond donors (Lipinski definition) is 1. The Kier molecular flexibility index (Phi) is 9.41. The van der Waals surface area contributed by atoms with Crippen LogP contribution in [0, 0.1) is 5.92 Å². The van der Waals surface area contributed by atoms with E-state index in [-0.39, 0.29) is 5.92 Å². The lowest BCUT2D eigenvalue weighted by Crippen LogP contribution is -2.36. The summed E-state index contributed by atoms with van der Waals surface area (Å²) in [5.41, 5.74) is 1.32. The maximum Gasteiger partial charge on any atom is 0.183 e. The molecule has 0 saturated carbocycles. The van der Waals surface area contributed by atoms with E-state index in [0.29, 0.717) is 13.2 Å². The molecule has 0 amide bonds. The van der Waals surface area contributed by atoms with E-state index in [2.05, 4.69) is 19.9 Å². The van der Waals surface area contributed by atoms with E-state index in [4.69, 9.17) is 9.47 Å². The van der Waals surface area contributed by atoms with Gasteiger partial charge in [0.15, 0.2) is 6.29 Å². The molecule has 0 spiro atoms. The first kappa shape index (κ1) is 16.6. The molecule has 0 aromatic rings. The fraction of sp³-hybridized carbons (Fsp3) is 0.857. The Bertz CT molecular complexity index is 204. The summed E-state index contributed by atoms with van der Waals surface area (Å²) >= 11 is 0. The molecule has 0 aliphatic heterocycles. The highest BCUT2D eigenvalue weighted by Gasteiger charge is 2.25. The van der Waals surface area contributed by atoms with E-state index in [1.54, 1.807) is 0 Å². The van der Waals surface area contributed by atoms with Crippen molar-refractivity contribution in [3.63, 3.8) is 0 Å². The molecule has 0 saturated heterocycles. The molecule has 3 heteroatoms. The third kappa shape index (κ3) is 7.53. The SMILES string of the molecule is CCOC(OCC)C(O)C(C)CCC=C(C)C. The zero-order valence-electron chi connectivity index (χ0n) is 11.9. The van der Waals surface area contributed by atoms with Gasteiger partial charge in [0.2, 0.25) is 0 Å². The van der Waals surface area contributed by atoms with Gasteiger partial charge < -0.3 is 14.6 Å². The highest BCUT2D eigenvalue weighted by molar-refractivity contribution is 4.93. The van der Waals surface area contributed by atoms with Gasteiger partial charge in [-0.25, -0.2) is 0 Å². The zero-order chi connectivity index (χ0) is 13.3. The number of rotatable bonds is 9. The summed E-state index contributed by atoms with van der Waals surface area (Å²) in [6, 6.07) is 0. The van der Waals surface area contributed by atoms with Gasteiger partial charge >= 0.3 is 0 Å². The van der Waals surface area contributed by atoms with Crippen molar-refractivity contribution in [2.75, 3.05) is 13.2 Å². The molecule has 0 bridgehead atoms. The Morgan fingerprint density at radius 3 is 2.12 bits per heavy atom. The van der Waals surface area contributed by atoms with Crippen molar-refractivity contribution in [1.82, 2.24) is 0 Å². The number of allylic oxidation sites excluding steroid dienone is 2. The molecule has 0 aromatic carbocycles. The topological polar surface area (TPSA) is 38.7 Å². The highest BCUT2D eigenvalue weighted by atomic mass is 16.7. The van der Waals surface area contributed by atoms with Crippen LogP contribution in [0.25, 0.3) is 0 Å². The average molecular weight is 244 g/mol. The van der Waals surface area contributed by atoms with Crippen LogP contribution < -0.4 is 0 Å². The first-order valence-electron chi connectivity index (χ1n) is 6.57. The summed E-state index contributed by atoms with van der Waals surface area (Å²) in [7, 11) is 0. The fourth-order valence-electron chi connectivity index (χ4n) is 1.65. The Balaban J connectivity index is 4.13. The predicted octanol–water partition coefficient (Wildman–Crippen LogP) is 3.13. The van der Waals surface area contributed by atoms with Crippen molar-refractivity contribution in [3.05, 3.63) is 11.6 Å². The maximum atomic E-state index is 10.1. The van der Waals surface area contributed by atoms with E-state index in [9.17, 15) is 5.11 Å². The van der Waals surface area contributed by atoms with E-state index in [1.807, 2.05) is 20.8 Å². The molecule has 0 aliphatic rings. The number of ether oxygens (including phenoxy) is 2. The minimum Gasteiger partial charge on any atom is -0.388 e. The van der Waals surface area contributed by atoms with Gasteiger partial charge in [0.25, 0.3) is 0 Å². The standard InChI is InChI=1S/C14H28O3/c1-6-16-14(17-7-2)13(15)12(5)10-8-9-11(3)4/h9,12-15H,6-8,10H2,1-5H3. The van der Waals surface area contributed by atoms with Crippen LogP contribution in [0.2, 0.25) is 0 Å². The second kappa shape index (κ2) is 9.63. The highest BCUT2D eigenvalue weighted by Crippen LogP contribution is 2.17. The summed E-state index contributed by atoms with van der Waals surface area (Å²) < 4.78 is 10.8. The molecule has 3 nitrogen and oxygen atoms in total. The van der Waals surface area contributed by atoms with Crippen molar-refractivity contribution in [2.24, 2.45) is 5.92 Å². The van der Waals surface area contributed by atoms with E-state index >= 15 is 0 Å². The maximum absolute atomic E-state index is 10.1. The van der Waals surface area contributed by atoms with Crippen molar-refractivity contribution in [2.45, 2.75) is 59.9 Å².